The fourth-order valence-corrected chi connectivity index (χ4v) is 14.3. The third-order valence-corrected chi connectivity index (χ3v) is 21.4. The molecule has 0 saturated carbocycles. The number of rotatable bonds is 71. The quantitative estimate of drug-likeness (QED) is 0.0199. The Morgan fingerprint density at radius 1 is 0.327 bits per heavy atom. The zero-order valence-electron chi connectivity index (χ0n) is 70.1. The molecule has 3 rings (SSSR count). The van der Waals surface area contributed by atoms with Gasteiger partial charge in [0.15, 0.2) is 18.9 Å². The van der Waals surface area contributed by atoms with Gasteiger partial charge in [0.25, 0.3) is 0 Å². The van der Waals surface area contributed by atoms with Crippen LogP contribution in [0.2, 0.25) is 0 Å². The molecule has 0 aromatic rings. The van der Waals surface area contributed by atoms with E-state index in [2.05, 4.69) is 141 Å². The molecule has 0 aromatic heterocycles. The topological polar surface area (TPSA) is 307 Å². The van der Waals surface area contributed by atoms with E-state index in [1.165, 1.54) is 180 Å². The van der Waals surface area contributed by atoms with E-state index < -0.39 is 124 Å². The van der Waals surface area contributed by atoms with Crippen molar-refractivity contribution < 1.29 is 89.4 Å². The van der Waals surface area contributed by atoms with E-state index in [4.69, 9.17) is 28.4 Å². The van der Waals surface area contributed by atoms with E-state index in [0.29, 0.717) is 12.8 Å². The molecule has 3 heterocycles. The molecule has 0 aliphatic carbocycles. The number of ether oxygens (including phenoxy) is 6. The summed E-state index contributed by atoms with van der Waals surface area (Å²) in [6, 6.07) is -1.01. The summed E-state index contributed by atoms with van der Waals surface area (Å²) >= 11 is 0. The molecule has 17 unspecified atom stereocenters. The van der Waals surface area contributed by atoms with Crippen LogP contribution in [0, 0.1) is 0 Å². The average molecular weight is 1590 g/mol. The molecule has 113 heavy (non-hydrogen) atoms. The molecule has 12 N–H and O–H groups in total. The number of nitrogens with one attached hydrogen (secondary N) is 1. The van der Waals surface area contributed by atoms with Gasteiger partial charge >= 0.3 is 0 Å². The Kier molecular flexibility index (Phi) is 65.7. The molecule has 19 nitrogen and oxygen atoms in total. The number of aliphatic hydroxyl groups excluding tert-OH is 11. The molecule has 0 radical (unpaired) electrons. The lowest BCUT2D eigenvalue weighted by atomic mass is 9.96. The number of allylic oxidation sites excluding steroid dienone is 21. The zero-order chi connectivity index (χ0) is 81.7. The maximum atomic E-state index is 13.5. The number of carbonyl (C=O) groups is 1. The van der Waals surface area contributed by atoms with Gasteiger partial charge in [0.05, 0.1) is 38.6 Å². The van der Waals surface area contributed by atoms with Crippen molar-refractivity contribution in [3.05, 3.63) is 134 Å². The summed E-state index contributed by atoms with van der Waals surface area (Å²) in [5.41, 5.74) is 0. The third kappa shape index (κ3) is 50.5. The van der Waals surface area contributed by atoms with E-state index in [-0.39, 0.29) is 18.9 Å². The van der Waals surface area contributed by atoms with Gasteiger partial charge in [-0.3, -0.25) is 4.79 Å². The lowest BCUT2D eigenvalue weighted by Gasteiger charge is -2.48. The molecule has 19 heteroatoms. The van der Waals surface area contributed by atoms with Gasteiger partial charge in [0.2, 0.25) is 5.91 Å². The van der Waals surface area contributed by atoms with E-state index in [1.54, 1.807) is 6.08 Å². The van der Waals surface area contributed by atoms with Crippen molar-refractivity contribution >= 4 is 5.91 Å². The van der Waals surface area contributed by atoms with Crippen molar-refractivity contribution in [3.8, 4) is 0 Å². The second-order valence-corrected chi connectivity index (χ2v) is 31.3. The van der Waals surface area contributed by atoms with Crippen molar-refractivity contribution in [3.63, 3.8) is 0 Å². The van der Waals surface area contributed by atoms with Gasteiger partial charge in [-0.2, -0.15) is 0 Å². The fourth-order valence-electron chi connectivity index (χ4n) is 14.3. The summed E-state index contributed by atoms with van der Waals surface area (Å²) < 4.78 is 34.5. The summed E-state index contributed by atoms with van der Waals surface area (Å²) in [7, 11) is 0. The Balaban J connectivity index is 1.35. The minimum atomic E-state index is -1.99. The van der Waals surface area contributed by atoms with Crippen LogP contribution in [0.15, 0.2) is 134 Å². The molecule has 650 valence electrons. The zero-order valence-corrected chi connectivity index (χ0v) is 70.1. The number of hydrogen-bond donors (Lipinski definition) is 12. The predicted molar refractivity (Wildman–Crippen MR) is 456 cm³/mol. The molecule has 3 aliphatic heterocycles. The van der Waals surface area contributed by atoms with Crippen LogP contribution < -0.4 is 5.32 Å². The van der Waals surface area contributed by atoms with Crippen LogP contribution in [-0.2, 0) is 33.2 Å². The molecule has 0 spiro atoms. The first-order valence-corrected chi connectivity index (χ1v) is 44.9. The SMILES string of the molecule is CC/C=C\C/C=C\C/C=C\C/C=C\C/C=C\C/C=C\C/C=C\C/C=C\C/C=C\CCCCCCCCCCCC(=O)NC(COC1OC(CO)C(OC2OC(CO)C(OC3OC(CO)C(O)C(O)C3O)C(O)C2O)C(O)C1O)C(O)/C=C/CC/C=C/CCCCCCCCCCCCCCCCCCCCCCCCCCC. The monoisotopic (exact) mass is 1590 g/mol. The highest BCUT2D eigenvalue weighted by Gasteiger charge is 2.54. The van der Waals surface area contributed by atoms with E-state index in [9.17, 15) is 61.0 Å². The summed E-state index contributed by atoms with van der Waals surface area (Å²) in [4.78, 5) is 13.5. The Morgan fingerprint density at radius 3 is 0.991 bits per heavy atom. The van der Waals surface area contributed by atoms with Gasteiger partial charge in [-0.15, -0.1) is 0 Å². The fraction of sp³-hybridized carbons (Fsp3) is 0.755. The molecule has 3 fully saturated rings. The number of amides is 1. The first kappa shape index (κ1) is 103. The molecule has 3 aliphatic rings. The van der Waals surface area contributed by atoms with Crippen LogP contribution in [0.3, 0.4) is 0 Å². The van der Waals surface area contributed by atoms with E-state index in [0.717, 1.165) is 109 Å². The van der Waals surface area contributed by atoms with Gasteiger partial charge in [-0.25, -0.2) is 0 Å². The van der Waals surface area contributed by atoms with Crippen LogP contribution in [0.1, 0.15) is 322 Å². The van der Waals surface area contributed by atoms with Crippen molar-refractivity contribution in [2.75, 3.05) is 26.4 Å². The molecule has 17 atom stereocenters. The van der Waals surface area contributed by atoms with Crippen LogP contribution >= 0.6 is 0 Å². The highest BCUT2D eigenvalue weighted by molar-refractivity contribution is 5.76. The standard InChI is InChI=1S/C94H161NO18/c1-3-5-7-9-11-13-15-17-19-21-23-25-27-29-31-33-35-36-37-38-39-40-42-44-46-48-50-52-54-56-58-60-62-64-66-68-70-72-82(100)95-77(78(99)71-69-67-65-63-61-59-57-55-53-51-49-47-45-43-41-34-32-30-28-26-24-22-20-18-16-14-12-10-8-6-4-2)76-108-92-88(106)85(103)90(80(74-97)110-92)113-94-89(107)86(104)91(81(75-98)111-94)112-93-87(105)84(102)83(101)79(73-96)109-93/h5,7,11,13,17,19,23,25,29,31,35-36,38-39,42,44,48,50,61,63,69,71,77-81,83-94,96-99,101-107H,3-4,6,8-10,12,14-16,18,20-22,24,26-28,30,32-34,37,40-41,43,45-47,49,51-60,62,64-68,70,72-76H2,1-2H3,(H,95,100)/b7-5-,13-11-,19-17-,25-23-,31-29-,36-35-,39-38-,44-42-,50-48-,63-61+,71-69+. The summed E-state index contributed by atoms with van der Waals surface area (Å²) in [6.45, 7) is 1.63. The Morgan fingerprint density at radius 2 is 0.619 bits per heavy atom. The van der Waals surface area contributed by atoms with Crippen molar-refractivity contribution in [2.24, 2.45) is 0 Å². The second-order valence-electron chi connectivity index (χ2n) is 31.3. The smallest absolute Gasteiger partial charge is 0.220 e. The minimum Gasteiger partial charge on any atom is -0.394 e. The molecule has 0 bridgehead atoms. The normalized spacial score (nSPS) is 25.5. The van der Waals surface area contributed by atoms with Gasteiger partial charge in [-0.1, -0.05) is 347 Å². The molecule has 0 aromatic carbocycles. The first-order chi connectivity index (χ1) is 55.3. The van der Waals surface area contributed by atoms with Crippen LogP contribution in [0.5, 0.6) is 0 Å². The Bertz CT molecular complexity index is 2560. The minimum absolute atomic E-state index is 0.220. The summed E-state index contributed by atoms with van der Waals surface area (Å²) in [5.74, 6) is -0.294. The van der Waals surface area contributed by atoms with Gasteiger partial charge < -0.3 is 89.9 Å². The summed E-state index contributed by atoms with van der Waals surface area (Å²) in [6.07, 6.45) is 77.3. The lowest BCUT2D eigenvalue weighted by molar-refractivity contribution is -0.379. The first-order valence-electron chi connectivity index (χ1n) is 44.9. The maximum absolute atomic E-state index is 13.5. The van der Waals surface area contributed by atoms with Crippen LogP contribution in [0.25, 0.3) is 0 Å². The molecular formula is C94H161NO18. The van der Waals surface area contributed by atoms with Gasteiger partial charge in [-0.05, 0) is 103 Å². The average Bonchev–Trinajstić information content (AvgIpc) is 0.779. The van der Waals surface area contributed by atoms with Gasteiger partial charge in [0, 0.05) is 6.42 Å². The second kappa shape index (κ2) is 72.0. The van der Waals surface area contributed by atoms with E-state index >= 15 is 0 Å². The Labute approximate surface area is 683 Å². The highest BCUT2D eigenvalue weighted by atomic mass is 16.8. The largest absolute Gasteiger partial charge is 0.394 e. The lowest BCUT2D eigenvalue weighted by Crippen LogP contribution is -2.66. The van der Waals surface area contributed by atoms with Crippen LogP contribution in [-0.4, -0.2) is 193 Å². The van der Waals surface area contributed by atoms with Crippen molar-refractivity contribution in [1.82, 2.24) is 5.32 Å². The highest BCUT2D eigenvalue weighted by Crippen LogP contribution is 2.33. The molecule has 1 amide bonds. The number of unbranched alkanes of at least 4 members (excludes halogenated alkanes) is 35. The number of aliphatic hydroxyl groups is 11. The molecular weight excluding hydrogens is 1430 g/mol. The Hall–Kier alpha value is -4.07. The van der Waals surface area contributed by atoms with Crippen molar-refractivity contribution in [2.45, 2.75) is 426 Å². The van der Waals surface area contributed by atoms with Crippen molar-refractivity contribution in [1.29, 1.82) is 0 Å². The maximum Gasteiger partial charge on any atom is 0.220 e. The molecule has 3 saturated heterocycles. The number of carbonyl (C=O) groups excluding carboxylic acids is 1. The predicted octanol–water partition coefficient (Wildman–Crippen LogP) is 17.2. The number of hydrogen-bond acceptors (Lipinski definition) is 18. The van der Waals surface area contributed by atoms with Gasteiger partial charge in [0.1, 0.15) is 73.2 Å². The summed E-state index contributed by atoms with van der Waals surface area (Å²) in [5, 5.41) is 121. The van der Waals surface area contributed by atoms with Crippen LogP contribution in [0.4, 0.5) is 0 Å². The third-order valence-electron chi connectivity index (χ3n) is 21.4. The van der Waals surface area contributed by atoms with E-state index in [1.807, 2.05) is 6.08 Å².